The number of aromatic nitrogens is 2. The Morgan fingerprint density at radius 3 is 1.34 bits per heavy atom. The molecule has 17 heteroatoms. The molecule has 35 heavy (non-hydrogen) atoms. The molecule has 0 saturated carbocycles. The Bertz CT molecular complexity index is 953. The Kier molecular flexibility index (Phi) is 6.95. The molecule has 1 aliphatic heterocycles. The van der Waals surface area contributed by atoms with Crippen molar-refractivity contribution < 1.29 is 58.7 Å². The normalized spacial score (nSPS) is 20.0. The minimum atomic E-state index is -6.30. The second-order valence-electron chi connectivity index (χ2n) is 7.68. The molecule has 0 N–H and O–H groups in total. The Balaban J connectivity index is 2.37. The zero-order valence-electron chi connectivity index (χ0n) is 17.1. The van der Waals surface area contributed by atoms with Gasteiger partial charge >= 0.3 is 197 Å². The SMILES string of the molecule is Cc1cc[c]([Sb-]2[O]C(C(F)(F)F)(C(F)(F)F)Cn3ccn([cH+]3)CC(C(F)(F)F)(C(F)(F)F)[O]2)cc1. The summed E-state index contributed by atoms with van der Waals surface area (Å²) in [4.78, 5) is 0. The van der Waals surface area contributed by atoms with Gasteiger partial charge in [-0.15, -0.1) is 0 Å². The number of imidazole rings is 1. The van der Waals surface area contributed by atoms with Gasteiger partial charge in [-0.2, -0.15) is 0 Å². The monoisotopic (exact) mass is 639 g/mol. The average Bonchev–Trinajstić information content (AvgIpc) is 3.09. The number of hydrogen-bond acceptors (Lipinski definition) is 2. The van der Waals surface area contributed by atoms with Gasteiger partial charge in [0.1, 0.15) is 0 Å². The summed E-state index contributed by atoms with van der Waals surface area (Å²) in [6.07, 6.45) is -24.0. The maximum atomic E-state index is 14.0. The van der Waals surface area contributed by atoms with Crippen molar-refractivity contribution in [1.29, 1.82) is 0 Å². The Hall–Kier alpha value is -1.67. The van der Waals surface area contributed by atoms with Crippen LogP contribution in [-0.2, 0) is 19.1 Å². The molecule has 197 valence electrons. The van der Waals surface area contributed by atoms with Crippen molar-refractivity contribution in [3.8, 4) is 0 Å². The van der Waals surface area contributed by atoms with Crippen LogP contribution < -0.4 is 3.51 Å². The molecule has 0 spiro atoms. The number of hydrogen-bond donors (Lipinski definition) is 0. The summed E-state index contributed by atoms with van der Waals surface area (Å²) in [7, 11) is 0. The van der Waals surface area contributed by atoms with E-state index in [1.807, 2.05) is 0 Å². The van der Waals surface area contributed by atoms with Gasteiger partial charge in [0.15, 0.2) is 0 Å². The first-order valence-electron chi connectivity index (χ1n) is 9.29. The maximum absolute atomic E-state index is 14.0. The standard InChI is InChI=1S/C11H7F12N2O2.C7H7.Sb/c12-8(13,14)6(26,9(15,16)17)3-24-1-2-25(5-24)4-7(27,10(18,19)20)11(21,22)23;1-7-5-3-2-4-6-7;/h1-2,5H,3-4H2;3-6H,1H3;/q-1;;+1. The quantitative estimate of drug-likeness (QED) is 0.248. The molecule has 0 fully saturated rings. The van der Waals surface area contributed by atoms with Crippen molar-refractivity contribution >= 4 is 24.6 Å². The Morgan fingerprint density at radius 2 is 1.03 bits per heavy atom. The first kappa shape index (κ1) is 27.9. The third-order valence-electron chi connectivity index (χ3n) is 5.11. The van der Waals surface area contributed by atoms with Crippen molar-refractivity contribution in [1.82, 2.24) is 9.13 Å². The number of benzene rings is 1. The van der Waals surface area contributed by atoms with Gasteiger partial charge in [0.05, 0.1) is 0 Å². The first-order chi connectivity index (χ1) is 15.7. The zero-order chi connectivity index (χ0) is 26.7. The number of fused-ring (bicyclic) bond motifs is 2. The van der Waals surface area contributed by atoms with Crippen LogP contribution in [0.15, 0.2) is 43.0 Å². The van der Waals surface area contributed by atoms with E-state index in [2.05, 4.69) is 6.03 Å². The molecule has 2 heterocycles. The van der Waals surface area contributed by atoms with Gasteiger partial charge in [-0.1, -0.05) is 0 Å². The van der Waals surface area contributed by atoms with E-state index < -0.39 is 73.6 Å². The van der Waals surface area contributed by atoms with E-state index in [0.29, 0.717) is 18.0 Å². The van der Waals surface area contributed by atoms with Crippen LogP contribution in [0.25, 0.3) is 0 Å². The Morgan fingerprint density at radius 1 is 0.686 bits per heavy atom. The van der Waals surface area contributed by atoms with Gasteiger partial charge in [0.2, 0.25) is 0 Å². The molecule has 1 aromatic carbocycles. The van der Waals surface area contributed by atoms with Crippen molar-refractivity contribution in [3.63, 3.8) is 0 Å². The van der Waals surface area contributed by atoms with Gasteiger partial charge < -0.3 is 0 Å². The first-order valence-corrected chi connectivity index (χ1v) is 12.7. The third kappa shape index (κ3) is 4.97. The fourth-order valence-corrected chi connectivity index (χ4v) is 8.11. The fraction of sp³-hybridized carbons (Fsp3) is 0.500. The molecule has 2 bridgehead atoms. The molecule has 0 unspecified atom stereocenters. The molecular formula is C18H14F12N2O2Sb. The summed E-state index contributed by atoms with van der Waals surface area (Å²) < 4.78 is 176. The molecule has 0 saturated heterocycles. The molecule has 2 aromatic rings. The fourth-order valence-electron chi connectivity index (χ4n) is 3.16. The minimum absolute atomic E-state index is 0.164. The molecule has 3 rings (SSSR count). The van der Waals surface area contributed by atoms with Crippen LogP contribution in [0.4, 0.5) is 52.7 Å². The molecular weight excluding hydrogens is 626 g/mol. The summed E-state index contributed by atoms with van der Waals surface area (Å²) in [5.41, 5.74) is -9.95. The van der Waals surface area contributed by atoms with Gasteiger partial charge in [0, 0.05) is 0 Å². The van der Waals surface area contributed by atoms with Crippen LogP contribution in [0.3, 0.4) is 0 Å². The Labute approximate surface area is 197 Å². The number of aryl methyl sites for hydroxylation is 1. The van der Waals surface area contributed by atoms with Crippen molar-refractivity contribution in [2.45, 2.75) is 55.9 Å². The summed E-state index contributed by atoms with van der Waals surface area (Å²) in [5.74, 6) is 0. The summed E-state index contributed by atoms with van der Waals surface area (Å²) in [6, 6.07) is 3.75. The van der Waals surface area contributed by atoms with E-state index in [-0.39, 0.29) is 15.5 Å². The van der Waals surface area contributed by atoms with Gasteiger partial charge in [-0.25, -0.2) is 0 Å². The van der Waals surface area contributed by atoms with Crippen LogP contribution in [0.1, 0.15) is 5.56 Å². The molecule has 4 nitrogen and oxygen atoms in total. The topological polar surface area (TPSA) is 28.3 Å². The number of alkyl halides is 12. The van der Waals surface area contributed by atoms with Crippen molar-refractivity contribution in [2.24, 2.45) is 0 Å². The summed E-state index contributed by atoms with van der Waals surface area (Å²) >= 11 is -5.88. The molecule has 0 atom stereocenters. The number of rotatable bonds is 1. The number of halogens is 12. The van der Waals surface area contributed by atoms with Gasteiger partial charge in [-0.3, -0.25) is 0 Å². The van der Waals surface area contributed by atoms with Crippen molar-refractivity contribution in [3.05, 3.63) is 48.5 Å². The molecule has 1 radical (unpaired) electrons. The average molecular weight is 640 g/mol. The molecule has 0 aliphatic carbocycles. The van der Waals surface area contributed by atoms with Crippen LogP contribution >= 0.6 is 0 Å². The second-order valence-corrected chi connectivity index (χ2v) is 11.7. The predicted molar refractivity (Wildman–Crippen MR) is 95.2 cm³/mol. The van der Waals surface area contributed by atoms with E-state index in [4.69, 9.17) is 0 Å². The van der Waals surface area contributed by atoms with E-state index in [1.54, 1.807) is 0 Å². The van der Waals surface area contributed by atoms with E-state index in [0.717, 1.165) is 24.3 Å². The third-order valence-corrected chi connectivity index (χ3v) is 9.89. The van der Waals surface area contributed by atoms with Gasteiger partial charge in [-0.05, 0) is 0 Å². The number of nitrogens with zero attached hydrogens (tertiary/aromatic N) is 2. The molecule has 1 aromatic heterocycles. The van der Waals surface area contributed by atoms with Crippen LogP contribution in [0, 0.1) is 6.92 Å². The van der Waals surface area contributed by atoms with E-state index in [1.165, 1.54) is 6.92 Å². The molecule has 0 amide bonds. The van der Waals surface area contributed by atoms with E-state index in [9.17, 15) is 52.7 Å². The molecule has 1 aliphatic rings. The zero-order valence-corrected chi connectivity index (χ0v) is 19.7. The van der Waals surface area contributed by atoms with Crippen LogP contribution in [-0.4, -0.2) is 66.1 Å². The van der Waals surface area contributed by atoms with Crippen LogP contribution in [0.2, 0.25) is 0 Å². The second kappa shape index (κ2) is 8.72. The summed E-state index contributed by atoms with van der Waals surface area (Å²) in [6.45, 7) is -2.61. The van der Waals surface area contributed by atoms with Crippen molar-refractivity contribution in [2.75, 3.05) is 0 Å². The predicted octanol–water partition coefficient (Wildman–Crippen LogP) is 5.05. The van der Waals surface area contributed by atoms with Crippen LogP contribution in [0.5, 0.6) is 0 Å². The van der Waals surface area contributed by atoms with E-state index >= 15 is 0 Å². The summed E-state index contributed by atoms with van der Waals surface area (Å²) in [5, 5.41) is 0. The van der Waals surface area contributed by atoms with Gasteiger partial charge in [0.25, 0.3) is 0 Å².